The summed E-state index contributed by atoms with van der Waals surface area (Å²) in [5.74, 6) is -0.584. The number of aliphatic hydroxyl groups excluding tert-OH is 1. The molecule has 45 heavy (non-hydrogen) atoms. The minimum absolute atomic E-state index is 0.0113. The van der Waals surface area contributed by atoms with Gasteiger partial charge in [-0.3, -0.25) is 9.69 Å². The molecular formula is C32H37N5O6S2. The Bertz CT molecular complexity index is 1750. The van der Waals surface area contributed by atoms with Gasteiger partial charge in [0.15, 0.2) is 6.10 Å². The molecule has 0 unspecified atom stereocenters. The lowest BCUT2D eigenvalue weighted by Gasteiger charge is -2.31. The van der Waals surface area contributed by atoms with Gasteiger partial charge < -0.3 is 20.9 Å². The highest BCUT2D eigenvalue weighted by molar-refractivity contribution is 7.89. The van der Waals surface area contributed by atoms with E-state index in [0.717, 1.165) is 16.7 Å². The maximum absolute atomic E-state index is 14.0. The summed E-state index contributed by atoms with van der Waals surface area (Å²) < 4.78 is 35.4. The maximum atomic E-state index is 14.0. The molecule has 4 aromatic rings. The highest BCUT2D eigenvalue weighted by Gasteiger charge is 2.39. The molecule has 5 rings (SSSR count). The fourth-order valence-electron chi connectivity index (χ4n) is 5.16. The highest BCUT2D eigenvalue weighted by atomic mass is 32.2. The van der Waals surface area contributed by atoms with Gasteiger partial charge >= 0.3 is 6.09 Å². The Morgan fingerprint density at radius 1 is 1.16 bits per heavy atom. The molecule has 13 heteroatoms. The number of aromatic nitrogens is 1. The zero-order valence-corrected chi connectivity index (χ0v) is 26.7. The van der Waals surface area contributed by atoms with Crippen LogP contribution < -0.4 is 16.0 Å². The second-order valence-electron chi connectivity index (χ2n) is 11.3. The predicted molar refractivity (Wildman–Crippen MR) is 174 cm³/mol. The first kappa shape index (κ1) is 32.4. The first-order valence-electron chi connectivity index (χ1n) is 14.7. The number of sulfonamides is 1. The van der Waals surface area contributed by atoms with Crippen molar-refractivity contribution < 1.29 is 27.9 Å². The molecule has 238 valence electrons. The van der Waals surface area contributed by atoms with Crippen LogP contribution in [0.4, 0.5) is 16.2 Å². The van der Waals surface area contributed by atoms with Crippen LogP contribution in [0.25, 0.3) is 10.2 Å². The van der Waals surface area contributed by atoms with Crippen molar-refractivity contribution in [3.05, 3.63) is 83.9 Å². The number of anilines is 2. The van der Waals surface area contributed by atoms with Crippen molar-refractivity contribution in [2.45, 2.75) is 49.8 Å². The molecule has 2 amide bonds. The van der Waals surface area contributed by atoms with Crippen molar-refractivity contribution in [1.82, 2.24) is 14.6 Å². The first-order chi connectivity index (χ1) is 21.5. The summed E-state index contributed by atoms with van der Waals surface area (Å²) in [5, 5.41) is 14.5. The number of amides is 2. The minimum Gasteiger partial charge on any atom is -0.434 e. The summed E-state index contributed by atoms with van der Waals surface area (Å²) in [4.78, 5) is 31.8. The van der Waals surface area contributed by atoms with Crippen molar-refractivity contribution in [2.24, 2.45) is 5.92 Å². The number of carbonyl (C=O) groups is 2. The number of cyclic esters (lactones) is 1. The number of thiazole rings is 1. The SMILES string of the molecule is CC[C@H](C)CN(C[C@@H](O)[C@H](Cc1ccccc1)NC(=O)[C@@H]1CN(c2cccc(N)c2)C(=O)O1)S(=O)(=O)c1ccc2ncsc2c1. The Kier molecular flexibility index (Phi) is 10.0. The van der Waals surface area contributed by atoms with Gasteiger partial charge in [-0.2, -0.15) is 4.31 Å². The smallest absolute Gasteiger partial charge is 0.415 e. The van der Waals surface area contributed by atoms with Gasteiger partial charge in [0.2, 0.25) is 10.0 Å². The largest absolute Gasteiger partial charge is 0.434 e. The van der Waals surface area contributed by atoms with E-state index in [1.165, 1.54) is 26.6 Å². The molecule has 2 heterocycles. The average Bonchev–Trinajstić information content (AvgIpc) is 3.67. The molecule has 3 aromatic carbocycles. The lowest BCUT2D eigenvalue weighted by molar-refractivity contribution is -0.129. The van der Waals surface area contributed by atoms with E-state index in [2.05, 4.69) is 10.3 Å². The molecule has 11 nitrogen and oxygen atoms in total. The third kappa shape index (κ3) is 7.61. The number of rotatable bonds is 13. The molecule has 0 spiro atoms. The first-order valence-corrected chi connectivity index (χ1v) is 17.1. The molecule has 0 radical (unpaired) electrons. The van der Waals surface area contributed by atoms with Crippen LogP contribution in [0.5, 0.6) is 0 Å². The normalized spacial score (nSPS) is 17.3. The van der Waals surface area contributed by atoms with Gasteiger partial charge in [-0.25, -0.2) is 18.2 Å². The van der Waals surface area contributed by atoms with E-state index in [4.69, 9.17) is 10.5 Å². The van der Waals surface area contributed by atoms with Gasteiger partial charge in [-0.05, 0) is 54.3 Å². The van der Waals surface area contributed by atoms with Gasteiger partial charge in [0.05, 0.1) is 39.3 Å². The predicted octanol–water partition coefficient (Wildman–Crippen LogP) is 4.03. The molecule has 0 bridgehead atoms. The number of carbonyl (C=O) groups excluding carboxylic acids is 2. The monoisotopic (exact) mass is 651 g/mol. The number of nitrogen functional groups attached to an aromatic ring is 1. The maximum Gasteiger partial charge on any atom is 0.415 e. The van der Waals surface area contributed by atoms with Crippen LogP contribution in [0.1, 0.15) is 25.8 Å². The molecule has 1 aliphatic rings. The summed E-state index contributed by atoms with van der Waals surface area (Å²) in [5.41, 5.74) is 10.0. The number of nitrogens with two attached hydrogens (primary N) is 1. The van der Waals surface area contributed by atoms with E-state index >= 15 is 0 Å². The number of hydrogen-bond acceptors (Lipinski definition) is 9. The van der Waals surface area contributed by atoms with Gasteiger partial charge in [-0.1, -0.05) is 56.7 Å². The van der Waals surface area contributed by atoms with E-state index in [1.807, 2.05) is 44.2 Å². The molecule has 4 atom stereocenters. The lowest BCUT2D eigenvalue weighted by Crippen LogP contribution is -2.53. The quantitative estimate of drug-likeness (QED) is 0.183. The Labute approximate surface area is 266 Å². The van der Waals surface area contributed by atoms with E-state index < -0.39 is 40.3 Å². The van der Waals surface area contributed by atoms with Crippen molar-refractivity contribution in [3.63, 3.8) is 0 Å². The van der Waals surface area contributed by atoms with Crippen LogP contribution in [0.2, 0.25) is 0 Å². The van der Waals surface area contributed by atoms with Crippen LogP contribution in [-0.2, 0) is 26.0 Å². The summed E-state index contributed by atoms with van der Waals surface area (Å²) in [7, 11) is -4.02. The van der Waals surface area contributed by atoms with Crippen LogP contribution in [0.15, 0.2) is 83.2 Å². The third-order valence-corrected chi connectivity index (χ3v) is 10.5. The molecule has 0 aliphatic carbocycles. The number of nitrogens with zero attached hydrogens (tertiary/aromatic N) is 3. The van der Waals surface area contributed by atoms with E-state index in [9.17, 15) is 23.1 Å². The van der Waals surface area contributed by atoms with Crippen molar-refractivity contribution in [2.75, 3.05) is 30.3 Å². The summed E-state index contributed by atoms with van der Waals surface area (Å²) in [6.45, 7) is 3.80. The molecule has 1 aromatic heterocycles. The zero-order valence-electron chi connectivity index (χ0n) is 25.1. The second kappa shape index (κ2) is 13.9. The molecule has 4 N–H and O–H groups in total. The molecule has 1 saturated heterocycles. The summed E-state index contributed by atoms with van der Waals surface area (Å²) in [6, 6.07) is 19.9. The van der Waals surface area contributed by atoms with Crippen molar-refractivity contribution in [3.8, 4) is 0 Å². The fourth-order valence-corrected chi connectivity index (χ4v) is 7.55. The third-order valence-electron chi connectivity index (χ3n) is 7.92. The molecular weight excluding hydrogens is 615 g/mol. The van der Waals surface area contributed by atoms with E-state index in [-0.39, 0.29) is 36.9 Å². The Balaban J connectivity index is 1.38. The highest BCUT2D eigenvalue weighted by Crippen LogP contribution is 2.26. The van der Waals surface area contributed by atoms with Crippen LogP contribution in [0.3, 0.4) is 0 Å². The minimum atomic E-state index is -4.02. The van der Waals surface area contributed by atoms with Gasteiger partial charge in [0.25, 0.3) is 5.91 Å². The molecule has 0 saturated carbocycles. The van der Waals surface area contributed by atoms with Gasteiger partial charge in [-0.15, -0.1) is 11.3 Å². The van der Waals surface area contributed by atoms with Crippen molar-refractivity contribution >= 4 is 55.0 Å². The zero-order chi connectivity index (χ0) is 32.1. The average molecular weight is 652 g/mol. The topological polar surface area (TPSA) is 155 Å². The Morgan fingerprint density at radius 3 is 2.67 bits per heavy atom. The van der Waals surface area contributed by atoms with Gasteiger partial charge in [0, 0.05) is 24.5 Å². The summed E-state index contributed by atoms with van der Waals surface area (Å²) >= 11 is 1.35. The second-order valence-corrected chi connectivity index (χ2v) is 14.1. The van der Waals surface area contributed by atoms with Crippen LogP contribution in [0, 0.1) is 5.92 Å². The number of nitrogens with one attached hydrogen (secondary N) is 1. The Morgan fingerprint density at radius 2 is 1.93 bits per heavy atom. The van der Waals surface area contributed by atoms with Gasteiger partial charge in [0.1, 0.15) is 0 Å². The van der Waals surface area contributed by atoms with E-state index in [1.54, 1.807) is 41.9 Å². The number of ether oxygens (including phenoxy) is 1. The fraction of sp³-hybridized carbons (Fsp3) is 0.344. The van der Waals surface area contributed by atoms with Crippen LogP contribution >= 0.6 is 11.3 Å². The lowest BCUT2D eigenvalue weighted by atomic mass is 10.0. The van der Waals surface area contributed by atoms with Crippen LogP contribution in [-0.4, -0.2) is 72.7 Å². The summed E-state index contributed by atoms with van der Waals surface area (Å²) in [6.07, 6.45) is -2.17. The number of aliphatic hydroxyl groups is 1. The molecule has 1 aliphatic heterocycles. The van der Waals surface area contributed by atoms with E-state index in [0.29, 0.717) is 16.9 Å². The van der Waals surface area contributed by atoms with Crippen molar-refractivity contribution in [1.29, 1.82) is 0 Å². The standard InChI is InChI=1S/C32H37N5O6S2/c1-3-21(2)17-36(45(41,42)25-12-13-26-30(16-25)44-20-34-26)18-28(38)27(14-22-8-5-4-6-9-22)35-31(39)29-19-37(32(40)43-29)24-11-7-10-23(33)15-24/h4-13,15-16,20-21,27-29,38H,3,14,17-19,33H2,1-2H3,(H,35,39)/t21-,27-,28+,29-/m0/s1. The number of fused-ring (bicyclic) bond motifs is 1. The Hall–Kier alpha value is -4.04. The molecule has 1 fully saturated rings. The number of benzene rings is 3. The number of hydrogen-bond donors (Lipinski definition) is 3.